The minimum atomic E-state index is -0.174. The molecule has 2 atom stereocenters. The largest absolute Gasteiger partial charge is 0.506 e. The summed E-state index contributed by atoms with van der Waals surface area (Å²) in [5.74, 6) is 0.129. The van der Waals surface area contributed by atoms with Gasteiger partial charge in [-0.15, -0.1) is 0 Å². The van der Waals surface area contributed by atoms with Gasteiger partial charge >= 0.3 is 0 Å². The number of hydrogen-bond acceptors (Lipinski definition) is 3. The molecule has 0 amide bonds. The van der Waals surface area contributed by atoms with Crippen LogP contribution in [0.25, 0.3) is 0 Å². The van der Waals surface area contributed by atoms with E-state index in [1.165, 1.54) is 0 Å². The van der Waals surface area contributed by atoms with E-state index in [2.05, 4.69) is 27.9 Å². The number of aromatic hydroxyl groups is 1. The van der Waals surface area contributed by atoms with E-state index in [0.29, 0.717) is 15.8 Å². The molecule has 0 bridgehead atoms. The monoisotopic (exact) mass is 398 g/mol. The Bertz CT molecular complexity index is 975. The quantitative estimate of drug-likeness (QED) is 0.636. The lowest BCUT2D eigenvalue weighted by Crippen LogP contribution is -2.30. The molecule has 0 spiro atoms. The van der Waals surface area contributed by atoms with Gasteiger partial charge in [0.2, 0.25) is 0 Å². The molecule has 4 rings (SSSR count). The molecule has 1 aromatic carbocycles. The summed E-state index contributed by atoms with van der Waals surface area (Å²) in [6.45, 7) is 2.93. The number of nitrogens with zero attached hydrogens (tertiary/aromatic N) is 3. The molecule has 7 heteroatoms. The van der Waals surface area contributed by atoms with E-state index in [1.807, 2.05) is 35.4 Å². The second-order valence-electron chi connectivity index (χ2n) is 6.35. The Morgan fingerprint density at radius 3 is 2.81 bits per heavy atom. The lowest BCUT2D eigenvalue weighted by atomic mass is 10.0. The van der Waals surface area contributed by atoms with Crippen molar-refractivity contribution < 1.29 is 5.11 Å². The number of hydrogen-bond donors (Lipinski definition) is 2. The van der Waals surface area contributed by atoms with Crippen molar-refractivity contribution in [3.8, 4) is 5.75 Å². The first-order valence-corrected chi connectivity index (χ1v) is 9.53. The Morgan fingerprint density at radius 2 is 2.07 bits per heavy atom. The summed E-state index contributed by atoms with van der Waals surface area (Å²) in [5.41, 5.74) is 2.55. The number of thiocarbonyl (C=S) groups is 1. The normalized spacial score (nSPS) is 19.3. The molecule has 0 radical (unpaired) electrons. The fourth-order valence-corrected chi connectivity index (χ4v) is 4.09. The van der Waals surface area contributed by atoms with Crippen molar-refractivity contribution in [2.75, 3.05) is 4.90 Å². The number of aromatic nitrogens is 2. The second kappa shape index (κ2) is 7.21. The van der Waals surface area contributed by atoms with Crippen molar-refractivity contribution in [3.63, 3.8) is 0 Å². The first-order chi connectivity index (χ1) is 13.1. The third kappa shape index (κ3) is 3.15. The topological polar surface area (TPSA) is 53.3 Å². The summed E-state index contributed by atoms with van der Waals surface area (Å²) < 4.78 is 2.17. The van der Waals surface area contributed by atoms with Crippen LogP contribution in [-0.2, 0) is 6.54 Å². The van der Waals surface area contributed by atoms with Crippen molar-refractivity contribution in [2.45, 2.75) is 25.6 Å². The van der Waals surface area contributed by atoms with Crippen LogP contribution in [0.4, 0.5) is 5.69 Å². The first-order valence-electron chi connectivity index (χ1n) is 8.74. The van der Waals surface area contributed by atoms with Crippen molar-refractivity contribution in [3.05, 3.63) is 77.3 Å². The Morgan fingerprint density at radius 1 is 1.22 bits per heavy atom. The molecule has 5 nitrogen and oxygen atoms in total. The molecule has 1 fully saturated rings. The molecule has 0 unspecified atom stereocenters. The number of pyridine rings is 1. The smallest absolute Gasteiger partial charge is 0.174 e. The highest BCUT2D eigenvalue weighted by molar-refractivity contribution is 7.80. The van der Waals surface area contributed by atoms with Gasteiger partial charge < -0.3 is 19.9 Å². The molecule has 1 aliphatic heterocycles. The van der Waals surface area contributed by atoms with E-state index in [-0.39, 0.29) is 17.8 Å². The van der Waals surface area contributed by atoms with Gasteiger partial charge in [-0.25, -0.2) is 0 Å². The summed E-state index contributed by atoms with van der Waals surface area (Å²) in [5, 5.41) is 14.9. The number of rotatable bonds is 4. The molecule has 3 heterocycles. The zero-order valence-corrected chi connectivity index (χ0v) is 16.3. The molecular formula is C20H19ClN4OS. The third-order valence-corrected chi connectivity index (χ3v) is 5.35. The van der Waals surface area contributed by atoms with Crippen LogP contribution in [0.2, 0.25) is 5.02 Å². The third-order valence-electron chi connectivity index (χ3n) is 4.80. The molecule has 2 aromatic heterocycles. The molecule has 138 valence electrons. The van der Waals surface area contributed by atoms with Crippen LogP contribution < -0.4 is 10.2 Å². The van der Waals surface area contributed by atoms with Gasteiger partial charge in [0.25, 0.3) is 0 Å². The summed E-state index contributed by atoms with van der Waals surface area (Å²) in [6, 6.07) is 14.6. The Kier molecular flexibility index (Phi) is 4.76. The van der Waals surface area contributed by atoms with Gasteiger partial charge in [-0.3, -0.25) is 4.98 Å². The zero-order valence-electron chi connectivity index (χ0n) is 14.7. The number of phenolic OH excluding ortho intramolecular Hbond substituents is 1. The predicted octanol–water partition coefficient (Wildman–Crippen LogP) is 4.44. The van der Waals surface area contributed by atoms with Crippen LogP contribution in [0.1, 0.15) is 30.4 Å². The second-order valence-corrected chi connectivity index (χ2v) is 7.17. The van der Waals surface area contributed by atoms with Crippen molar-refractivity contribution in [2.24, 2.45) is 0 Å². The highest BCUT2D eigenvalue weighted by Gasteiger charge is 2.42. The van der Waals surface area contributed by atoms with Gasteiger partial charge in [0.1, 0.15) is 11.8 Å². The van der Waals surface area contributed by atoms with E-state index >= 15 is 0 Å². The van der Waals surface area contributed by atoms with Crippen LogP contribution in [-0.4, -0.2) is 19.8 Å². The van der Waals surface area contributed by atoms with Gasteiger partial charge in [0, 0.05) is 29.7 Å². The van der Waals surface area contributed by atoms with E-state index in [0.717, 1.165) is 17.9 Å². The van der Waals surface area contributed by atoms with Crippen LogP contribution >= 0.6 is 23.8 Å². The number of anilines is 1. The van der Waals surface area contributed by atoms with Crippen molar-refractivity contribution >= 4 is 34.6 Å². The maximum Gasteiger partial charge on any atom is 0.174 e. The molecule has 2 N–H and O–H groups in total. The Labute approximate surface area is 168 Å². The molecular weight excluding hydrogens is 380 g/mol. The van der Waals surface area contributed by atoms with Gasteiger partial charge in [-0.2, -0.15) is 0 Å². The van der Waals surface area contributed by atoms with E-state index < -0.39 is 0 Å². The Hall–Kier alpha value is -2.57. The maximum absolute atomic E-state index is 10.5. The lowest BCUT2D eigenvalue weighted by molar-refractivity contribution is 0.470. The fraction of sp³-hybridized carbons (Fsp3) is 0.200. The van der Waals surface area contributed by atoms with Crippen molar-refractivity contribution in [1.29, 1.82) is 0 Å². The lowest BCUT2D eigenvalue weighted by Gasteiger charge is -2.29. The van der Waals surface area contributed by atoms with Crippen molar-refractivity contribution in [1.82, 2.24) is 14.9 Å². The number of nitrogens with one attached hydrogen (secondary N) is 1. The summed E-state index contributed by atoms with van der Waals surface area (Å²) in [4.78, 5) is 6.46. The highest BCUT2D eigenvalue weighted by Crippen LogP contribution is 2.44. The molecule has 0 aliphatic carbocycles. The average Bonchev–Trinajstić information content (AvgIpc) is 3.28. The minimum Gasteiger partial charge on any atom is -0.506 e. The van der Waals surface area contributed by atoms with E-state index in [1.54, 1.807) is 24.4 Å². The predicted molar refractivity (Wildman–Crippen MR) is 111 cm³/mol. The fourth-order valence-electron chi connectivity index (χ4n) is 3.59. The number of halogens is 1. The van der Waals surface area contributed by atoms with Crippen LogP contribution in [0.5, 0.6) is 5.75 Å². The number of benzene rings is 1. The van der Waals surface area contributed by atoms with Crippen LogP contribution in [0.3, 0.4) is 0 Å². The van der Waals surface area contributed by atoms with Gasteiger partial charge in [0.15, 0.2) is 5.11 Å². The van der Waals surface area contributed by atoms with Crippen LogP contribution in [0.15, 0.2) is 60.9 Å². The standard InChI is InChI=1S/C20H19ClN4OS/c1-2-24-11-5-7-15(24)19-18(14-6-3-4-10-22-14)23-20(27)25(19)16-12-13(21)8-9-17(16)26/h3-12,18-19,26H,2H2,1H3,(H,23,27)/t18-,19-/m0/s1. The maximum atomic E-state index is 10.5. The first kappa shape index (κ1) is 17.8. The number of phenols is 1. The minimum absolute atomic E-state index is 0.129. The molecule has 0 saturated carbocycles. The average molecular weight is 399 g/mol. The SMILES string of the molecule is CCn1cccc1[C@H]1[C@H](c2ccccn2)NC(=S)N1c1cc(Cl)ccc1O. The highest BCUT2D eigenvalue weighted by atomic mass is 35.5. The molecule has 1 aliphatic rings. The van der Waals surface area contributed by atoms with Gasteiger partial charge in [-0.05, 0) is 61.6 Å². The van der Waals surface area contributed by atoms with E-state index in [9.17, 15) is 5.11 Å². The van der Waals surface area contributed by atoms with Gasteiger partial charge in [-0.1, -0.05) is 17.7 Å². The Balaban J connectivity index is 1.89. The van der Waals surface area contributed by atoms with Crippen LogP contribution in [0, 0.1) is 0 Å². The molecule has 3 aromatic rings. The van der Waals surface area contributed by atoms with Gasteiger partial charge in [0.05, 0.1) is 17.4 Å². The summed E-state index contributed by atoms with van der Waals surface area (Å²) >= 11 is 11.9. The molecule has 1 saturated heterocycles. The van der Waals surface area contributed by atoms with E-state index in [4.69, 9.17) is 23.8 Å². The molecule has 27 heavy (non-hydrogen) atoms. The number of aryl methyl sites for hydroxylation is 1. The summed E-state index contributed by atoms with van der Waals surface area (Å²) in [6.07, 6.45) is 3.82. The summed E-state index contributed by atoms with van der Waals surface area (Å²) in [7, 11) is 0. The zero-order chi connectivity index (χ0) is 19.0.